The van der Waals surface area contributed by atoms with Gasteiger partial charge in [0.05, 0.1) is 5.56 Å². The molecule has 0 bridgehead atoms. The number of ether oxygens (including phenoxy) is 1. The highest BCUT2D eigenvalue weighted by Gasteiger charge is 2.32. The van der Waals surface area contributed by atoms with Crippen molar-refractivity contribution >= 4 is 17.2 Å². The normalized spacial score (nSPS) is 25.9. The molecular formula is C17H24FNOS. The van der Waals surface area contributed by atoms with E-state index < -0.39 is 0 Å². The van der Waals surface area contributed by atoms with Crippen molar-refractivity contribution in [1.82, 2.24) is 0 Å². The van der Waals surface area contributed by atoms with Crippen molar-refractivity contribution in [3.63, 3.8) is 0 Å². The molecule has 0 aromatic heterocycles. The lowest BCUT2D eigenvalue weighted by Gasteiger charge is -2.37. The molecule has 1 aliphatic rings. The van der Waals surface area contributed by atoms with Gasteiger partial charge in [-0.25, -0.2) is 4.39 Å². The second kappa shape index (κ2) is 6.73. The zero-order chi connectivity index (χ0) is 15.6. The van der Waals surface area contributed by atoms with Crippen LogP contribution in [0.2, 0.25) is 0 Å². The zero-order valence-corrected chi connectivity index (χ0v) is 13.8. The third-order valence-corrected chi connectivity index (χ3v) is 4.67. The summed E-state index contributed by atoms with van der Waals surface area (Å²) >= 11 is 5.01. The summed E-state index contributed by atoms with van der Waals surface area (Å²) in [4.78, 5) is 0.175. The number of benzene rings is 1. The molecule has 2 nitrogen and oxygen atoms in total. The van der Waals surface area contributed by atoms with Crippen molar-refractivity contribution in [2.75, 3.05) is 0 Å². The Kier molecular flexibility index (Phi) is 5.20. The lowest BCUT2D eigenvalue weighted by Crippen LogP contribution is -2.36. The van der Waals surface area contributed by atoms with Crippen LogP contribution in [0, 0.1) is 23.6 Å². The van der Waals surface area contributed by atoms with E-state index in [0.717, 1.165) is 6.42 Å². The van der Waals surface area contributed by atoms with Crippen LogP contribution >= 0.6 is 12.2 Å². The maximum absolute atomic E-state index is 13.4. The van der Waals surface area contributed by atoms with Gasteiger partial charge in [0.25, 0.3) is 0 Å². The van der Waals surface area contributed by atoms with Crippen LogP contribution in [0.5, 0.6) is 5.75 Å². The first-order valence-electron chi connectivity index (χ1n) is 7.64. The second-order valence-corrected chi connectivity index (χ2v) is 6.93. The molecule has 1 aromatic carbocycles. The second-order valence-electron chi connectivity index (χ2n) is 6.49. The Morgan fingerprint density at radius 1 is 1.38 bits per heavy atom. The smallest absolute Gasteiger partial charge is 0.130 e. The van der Waals surface area contributed by atoms with Crippen LogP contribution in [0.3, 0.4) is 0 Å². The van der Waals surface area contributed by atoms with Crippen LogP contribution in [0.1, 0.15) is 45.6 Å². The molecule has 116 valence electrons. The molecule has 4 heteroatoms. The molecule has 1 aliphatic carbocycles. The van der Waals surface area contributed by atoms with E-state index in [1.54, 1.807) is 6.07 Å². The molecule has 3 unspecified atom stereocenters. The maximum atomic E-state index is 13.4. The molecule has 0 aliphatic heterocycles. The Labute approximate surface area is 131 Å². The number of hydrogen-bond acceptors (Lipinski definition) is 2. The van der Waals surface area contributed by atoms with Gasteiger partial charge in [0.2, 0.25) is 0 Å². The van der Waals surface area contributed by atoms with Gasteiger partial charge in [0.15, 0.2) is 0 Å². The molecule has 3 atom stereocenters. The lowest BCUT2D eigenvalue weighted by molar-refractivity contribution is 0.0458. The molecule has 1 aromatic rings. The van der Waals surface area contributed by atoms with E-state index in [0.29, 0.717) is 29.1 Å². The van der Waals surface area contributed by atoms with Crippen LogP contribution in [0.15, 0.2) is 18.2 Å². The van der Waals surface area contributed by atoms with E-state index in [4.69, 9.17) is 22.7 Å². The molecule has 0 spiro atoms. The van der Waals surface area contributed by atoms with Gasteiger partial charge >= 0.3 is 0 Å². The fraction of sp³-hybridized carbons (Fsp3) is 0.588. The molecule has 1 saturated carbocycles. The molecule has 0 saturated heterocycles. The van der Waals surface area contributed by atoms with Crippen molar-refractivity contribution in [1.29, 1.82) is 0 Å². The van der Waals surface area contributed by atoms with E-state index in [-0.39, 0.29) is 16.9 Å². The molecule has 1 fully saturated rings. The monoisotopic (exact) mass is 309 g/mol. The Bertz CT molecular complexity index is 518. The summed E-state index contributed by atoms with van der Waals surface area (Å²) in [6.07, 6.45) is 3.59. The third kappa shape index (κ3) is 3.94. The fourth-order valence-corrected chi connectivity index (χ4v) is 3.37. The zero-order valence-electron chi connectivity index (χ0n) is 12.9. The maximum Gasteiger partial charge on any atom is 0.130 e. The minimum atomic E-state index is -0.345. The Hall–Kier alpha value is -1.16. The van der Waals surface area contributed by atoms with Crippen molar-refractivity contribution in [3.05, 3.63) is 29.6 Å². The number of hydrogen-bond donors (Lipinski definition) is 1. The van der Waals surface area contributed by atoms with Crippen molar-refractivity contribution in [3.8, 4) is 5.75 Å². The number of rotatable bonds is 4. The van der Waals surface area contributed by atoms with E-state index in [9.17, 15) is 4.39 Å². The van der Waals surface area contributed by atoms with Gasteiger partial charge in [-0.3, -0.25) is 0 Å². The summed E-state index contributed by atoms with van der Waals surface area (Å²) < 4.78 is 19.6. The number of nitrogens with two attached hydrogens (primary N) is 1. The summed E-state index contributed by atoms with van der Waals surface area (Å²) in [7, 11) is 0. The van der Waals surface area contributed by atoms with Crippen LogP contribution in [-0.2, 0) is 0 Å². The minimum Gasteiger partial charge on any atom is -0.489 e. The van der Waals surface area contributed by atoms with Crippen molar-refractivity contribution in [2.24, 2.45) is 23.5 Å². The molecular weight excluding hydrogens is 285 g/mol. The summed E-state index contributed by atoms with van der Waals surface area (Å²) in [5.41, 5.74) is 6.19. The Morgan fingerprint density at radius 3 is 2.71 bits per heavy atom. The van der Waals surface area contributed by atoms with Gasteiger partial charge in [0.1, 0.15) is 22.7 Å². The van der Waals surface area contributed by atoms with Gasteiger partial charge in [-0.15, -0.1) is 0 Å². The summed E-state index contributed by atoms with van der Waals surface area (Å²) in [5.74, 6) is 2.00. The highest BCUT2D eigenvalue weighted by molar-refractivity contribution is 7.80. The molecule has 2 rings (SSSR count). The molecule has 21 heavy (non-hydrogen) atoms. The van der Waals surface area contributed by atoms with E-state index in [1.807, 2.05) is 0 Å². The first-order chi connectivity index (χ1) is 9.88. The Morgan fingerprint density at radius 2 is 2.10 bits per heavy atom. The minimum absolute atomic E-state index is 0.146. The van der Waals surface area contributed by atoms with Gasteiger partial charge < -0.3 is 10.5 Å². The number of halogens is 1. The van der Waals surface area contributed by atoms with Crippen molar-refractivity contribution in [2.45, 2.75) is 46.1 Å². The van der Waals surface area contributed by atoms with E-state index in [2.05, 4.69) is 20.8 Å². The molecule has 0 heterocycles. The van der Waals surface area contributed by atoms with Crippen LogP contribution < -0.4 is 10.5 Å². The van der Waals surface area contributed by atoms with E-state index >= 15 is 0 Å². The predicted octanol–water partition coefficient (Wildman–Crippen LogP) is 4.30. The van der Waals surface area contributed by atoms with Gasteiger partial charge in [0, 0.05) is 0 Å². The molecule has 0 radical (unpaired) electrons. The van der Waals surface area contributed by atoms with Gasteiger partial charge in [-0.05, 0) is 48.8 Å². The topological polar surface area (TPSA) is 35.2 Å². The lowest BCUT2D eigenvalue weighted by atomic mass is 9.75. The van der Waals surface area contributed by atoms with Crippen LogP contribution in [0.25, 0.3) is 0 Å². The average molecular weight is 309 g/mol. The summed E-state index contributed by atoms with van der Waals surface area (Å²) in [6.45, 7) is 6.72. The molecule has 0 amide bonds. The van der Waals surface area contributed by atoms with Gasteiger partial charge in [-0.1, -0.05) is 39.4 Å². The molecule has 2 N–H and O–H groups in total. The third-order valence-electron chi connectivity index (χ3n) is 4.45. The summed E-state index contributed by atoms with van der Waals surface area (Å²) in [6, 6.07) is 4.39. The standard InChI is InChI=1S/C17H24FNOS/c1-10(2)13-6-4-11(3)8-16(13)20-15-7-5-12(18)9-14(15)17(19)21/h5,7,9-11,13,16H,4,6,8H2,1-3H3,(H2,19,21). The first kappa shape index (κ1) is 16.2. The highest BCUT2D eigenvalue weighted by atomic mass is 32.1. The predicted molar refractivity (Wildman–Crippen MR) is 88.0 cm³/mol. The van der Waals surface area contributed by atoms with E-state index in [1.165, 1.54) is 25.0 Å². The fourth-order valence-electron chi connectivity index (χ4n) is 3.21. The van der Waals surface area contributed by atoms with Gasteiger partial charge in [-0.2, -0.15) is 0 Å². The average Bonchev–Trinajstić information content (AvgIpc) is 2.40. The van der Waals surface area contributed by atoms with Crippen molar-refractivity contribution < 1.29 is 9.13 Å². The quantitative estimate of drug-likeness (QED) is 0.842. The number of thiocarbonyl (C=S) groups is 1. The largest absolute Gasteiger partial charge is 0.489 e. The van der Waals surface area contributed by atoms with Crippen LogP contribution in [-0.4, -0.2) is 11.1 Å². The van der Waals surface area contributed by atoms with Crippen LogP contribution in [0.4, 0.5) is 4.39 Å². The first-order valence-corrected chi connectivity index (χ1v) is 8.05. The highest BCUT2D eigenvalue weighted by Crippen LogP contribution is 2.36. The SMILES string of the molecule is CC1CCC(C(C)C)C(Oc2ccc(F)cc2C(N)=S)C1. The summed E-state index contributed by atoms with van der Waals surface area (Å²) in [5, 5.41) is 0. The Balaban J connectivity index is 2.24.